The second-order valence-electron chi connectivity index (χ2n) is 7.06. The lowest BCUT2D eigenvalue weighted by Gasteiger charge is -2.33. The molecule has 0 saturated carbocycles. The molecule has 1 atom stereocenters. The number of nitrogens with zero attached hydrogens (tertiary/aromatic N) is 3. The van der Waals surface area contributed by atoms with Gasteiger partial charge in [0.1, 0.15) is 0 Å². The predicted molar refractivity (Wildman–Crippen MR) is 108 cm³/mol. The van der Waals surface area contributed by atoms with Gasteiger partial charge in [0.2, 0.25) is 17.6 Å². The number of aryl methyl sites for hydroxylation is 1. The second-order valence-corrected chi connectivity index (χ2v) is 8.01. The van der Waals surface area contributed by atoms with Crippen LogP contribution in [0.3, 0.4) is 0 Å². The zero-order valence-electron chi connectivity index (χ0n) is 15.5. The van der Waals surface area contributed by atoms with Crippen LogP contribution in [-0.2, 0) is 17.6 Å². The Morgan fingerprint density at radius 3 is 3.07 bits per heavy atom. The van der Waals surface area contributed by atoms with Crippen LogP contribution in [0, 0.1) is 0 Å². The lowest BCUT2D eigenvalue weighted by molar-refractivity contribution is -0.133. The Kier molecular flexibility index (Phi) is 4.24. The van der Waals surface area contributed by atoms with E-state index in [0.29, 0.717) is 24.6 Å². The summed E-state index contributed by atoms with van der Waals surface area (Å²) in [4.78, 5) is 23.7. The van der Waals surface area contributed by atoms with E-state index in [-0.39, 0.29) is 11.9 Å². The number of thiophene rings is 1. The molecule has 1 N–H and O–H groups in total. The third-order valence-corrected chi connectivity index (χ3v) is 6.28. The highest BCUT2D eigenvalue weighted by Gasteiger charge is 2.30. The van der Waals surface area contributed by atoms with Gasteiger partial charge in [-0.05, 0) is 36.4 Å². The Bertz CT molecular complexity index is 1130. The van der Waals surface area contributed by atoms with E-state index in [0.717, 1.165) is 29.1 Å². The number of carbonyl (C=O) groups is 1. The summed E-state index contributed by atoms with van der Waals surface area (Å²) in [5.41, 5.74) is 3.63. The largest absolute Gasteiger partial charge is 0.356 e. The van der Waals surface area contributed by atoms with Crippen molar-refractivity contribution in [3.8, 4) is 10.7 Å². The number of nitrogens with one attached hydrogen (secondary N) is 1. The number of rotatable bonds is 4. The fourth-order valence-electron chi connectivity index (χ4n) is 3.99. The lowest BCUT2D eigenvalue weighted by Crippen LogP contribution is -2.38. The number of hydrogen-bond donors (Lipinski definition) is 1. The standard InChI is InChI=1S/C21H20N4O2S/c1-13-20-15(14-5-2-3-6-16(14)22-20)10-11-25(13)19(26)9-8-18-23-21(24-27-18)17-7-4-12-28-17/h2-7,12-13,22H,8-11H2,1H3/t13-/m1/s1. The molecule has 5 rings (SSSR count). The minimum Gasteiger partial charge on any atom is -0.356 e. The van der Waals surface area contributed by atoms with Gasteiger partial charge in [0.05, 0.1) is 10.9 Å². The van der Waals surface area contributed by atoms with Crippen LogP contribution < -0.4 is 0 Å². The Hall–Kier alpha value is -2.93. The van der Waals surface area contributed by atoms with Crippen LogP contribution >= 0.6 is 11.3 Å². The molecule has 6 nitrogen and oxygen atoms in total. The Balaban J connectivity index is 1.28. The minimum absolute atomic E-state index is 0.0352. The molecule has 28 heavy (non-hydrogen) atoms. The third-order valence-electron chi connectivity index (χ3n) is 5.42. The summed E-state index contributed by atoms with van der Waals surface area (Å²) in [6.07, 6.45) is 1.70. The van der Waals surface area contributed by atoms with Gasteiger partial charge in [-0.25, -0.2) is 0 Å². The van der Waals surface area contributed by atoms with Crippen LogP contribution in [0.1, 0.15) is 36.5 Å². The van der Waals surface area contributed by atoms with Crippen molar-refractivity contribution in [2.24, 2.45) is 0 Å². The molecule has 7 heteroatoms. The molecule has 1 aliphatic heterocycles. The number of benzene rings is 1. The van der Waals surface area contributed by atoms with Crippen LogP contribution in [-0.4, -0.2) is 32.5 Å². The van der Waals surface area contributed by atoms with E-state index in [1.165, 1.54) is 10.9 Å². The molecule has 142 valence electrons. The smallest absolute Gasteiger partial charge is 0.227 e. The second kappa shape index (κ2) is 6.91. The quantitative estimate of drug-likeness (QED) is 0.560. The van der Waals surface area contributed by atoms with Crippen LogP contribution in [0.25, 0.3) is 21.6 Å². The molecule has 0 saturated heterocycles. The molecule has 4 aromatic rings. The van der Waals surface area contributed by atoms with Gasteiger partial charge >= 0.3 is 0 Å². The van der Waals surface area contributed by atoms with Crippen molar-refractivity contribution in [3.63, 3.8) is 0 Å². The Morgan fingerprint density at radius 1 is 1.32 bits per heavy atom. The van der Waals surface area contributed by atoms with Crippen molar-refractivity contribution in [1.82, 2.24) is 20.0 Å². The highest BCUT2D eigenvalue weighted by molar-refractivity contribution is 7.13. The summed E-state index contributed by atoms with van der Waals surface area (Å²) in [5, 5.41) is 7.26. The molecule has 4 heterocycles. The normalized spacial score (nSPS) is 16.5. The lowest BCUT2D eigenvalue weighted by atomic mass is 9.98. The topological polar surface area (TPSA) is 75.0 Å². The van der Waals surface area contributed by atoms with Crippen molar-refractivity contribution < 1.29 is 9.32 Å². The maximum absolute atomic E-state index is 12.9. The predicted octanol–water partition coefficient (Wildman–Crippen LogP) is 4.36. The van der Waals surface area contributed by atoms with Crippen molar-refractivity contribution in [3.05, 3.63) is 58.9 Å². The Labute approximate surface area is 166 Å². The fourth-order valence-corrected chi connectivity index (χ4v) is 4.64. The first-order valence-electron chi connectivity index (χ1n) is 9.46. The molecule has 0 aliphatic carbocycles. The maximum Gasteiger partial charge on any atom is 0.227 e. The van der Waals surface area contributed by atoms with Gasteiger partial charge in [0.15, 0.2) is 0 Å². The van der Waals surface area contributed by atoms with E-state index in [1.54, 1.807) is 11.3 Å². The molecule has 0 fully saturated rings. The Morgan fingerprint density at radius 2 is 2.21 bits per heavy atom. The molecule has 1 amide bonds. The summed E-state index contributed by atoms with van der Waals surface area (Å²) >= 11 is 1.57. The van der Waals surface area contributed by atoms with Crippen LogP contribution in [0.15, 0.2) is 46.3 Å². The first-order valence-corrected chi connectivity index (χ1v) is 10.3. The van der Waals surface area contributed by atoms with Gasteiger partial charge in [-0.15, -0.1) is 11.3 Å². The van der Waals surface area contributed by atoms with Crippen molar-refractivity contribution in [2.45, 2.75) is 32.2 Å². The van der Waals surface area contributed by atoms with E-state index < -0.39 is 0 Å². The zero-order chi connectivity index (χ0) is 19.1. The number of carbonyl (C=O) groups excluding carboxylic acids is 1. The van der Waals surface area contributed by atoms with Gasteiger partial charge in [0.25, 0.3) is 0 Å². The van der Waals surface area contributed by atoms with Crippen molar-refractivity contribution >= 4 is 28.1 Å². The van der Waals surface area contributed by atoms with Gasteiger partial charge in [-0.2, -0.15) is 4.98 Å². The molecule has 3 aromatic heterocycles. The summed E-state index contributed by atoms with van der Waals surface area (Å²) in [7, 11) is 0. The van der Waals surface area contributed by atoms with Crippen LogP contribution in [0.5, 0.6) is 0 Å². The maximum atomic E-state index is 12.9. The van der Waals surface area contributed by atoms with E-state index in [4.69, 9.17) is 4.52 Å². The summed E-state index contributed by atoms with van der Waals surface area (Å²) in [6.45, 7) is 2.83. The minimum atomic E-state index is 0.0352. The molecule has 0 unspecified atom stereocenters. The monoisotopic (exact) mass is 392 g/mol. The molecule has 0 bridgehead atoms. The van der Waals surface area contributed by atoms with Crippen molar-refractivity contribution in [1.29, 1.82) is 0 Å². The van der Waals surface area contributed by atoms with E-state index in [2.05, 4.69) is 40.2 Å². The van der Waals surface area contributed by atoms with E-state index in [9.17, 15) is 4.79 Å². The molecular weight excluding hydrogens is 372 g/mol. The molecule has 0 spiro atoms. The summed E-state index contributed by atoms with van der Waals surface area (Å²) in [6, 6.07) is 12.3. The molecule has 0 radical (unpaired) electrons. The third kappa shape index (κ3) is 2.92. The molecule has 1 aliphatic rings. The number of H-pyrrole nitrogens is 1. The molecular formula is C21H20N4O2S. The average Bonchev–Trinajstić information content (AvgIpc) is 3.45. The van der Waals surface area contributed by atoms with Crippen molar-refractivity contribution in [2.75, 3.05) is 6.54 Å². The first kappa shape index (κ1) is 17.2. The van der Waals surface area contributed by atoms with Crippen LogP contribution in [0.2, 0.25) is 0 Å². The number of hydrogen-bond acceptors (Lipinski definition) is 5. The number of amides is 1. The highest BCUT2D eigenvalue weighted by atomic mass is 32.1. The zero-order valence-corrected chi connectivity index (χ0v) is 16.3. The summed E-state index contributed by atoms with van der Waals surface area (Å²) < 4.78 is 5.32. The number of para-hydroxylation sites is 1. The number of fused-ring (bicyclic) bond motifs is 3. The number of aromatic amines is 1. The van der Waals surface area contributed by atoms with Gasteiger partial charge in [-0.1, -0.05) is 29.4 Å². The van der Waals surface area contributed by atoms with Gasteiger partial charge < -0.3 is 14.4 Å². The first-order chi connectivity index (χ1) is 13.7. The SMILES string of the molecule is C[C@@H]1c2[nH]c3ccccc3c2CCN1C(=O)CCc1nc(-c2cccs2)no1. The van der Waals surface area contributed by atoms with E-state index >= 15 is 0 Å². The van der Waals surface area contributed by atoms with Crippen LogP contribution in [0.4, 0.5) is 0 Å². The highest BCUT2D eigenvalue weighted by Crippen LogP contribution is 2.34. The fraction of sp³-hybridized carbons (Fsp3) is 0.286. The number of aromatic nitrogens is 3. The van der Waals surface area contributed by atoms with Gasteiger partial charge in [-0.3, -0.25) is 4.79 Å². The summed E-state index contributed by atoms with van der Waals surface area (Å²) in [5.74, 6) is 1.21. The molecule has 1 aromatic carbocycles. The van der Waals surface area contributed by atoms with Gasteiger partial charge in [0, 0.05) is 36.0 Å². The van der Waals surface area contributed by atoms with E-state index in [1.807, 2.05) is 28.5 Å². The average molecular weight is 392 g/mol.